The first kappa shape index (κ1) is 13.2. The van der Waals surface area contributed by atoms with Crippen molar-refractivity contribution in [2.45, 2.75) is 38.4 Å². The summed E-state index contributed by atoms with van der Waals surface area (Å²) < 4.78 is 1.91. The standard InChI is InChI=1S/C17H20N2Si/c1-20(2,3)11-10-14-12-18-19(13-14)17-8-6-16(7-9-17)15-4-5-15/h6-9,12-13,15H,4-5H2,1-3H3. The van der Waals surface area contributed by atoms with E-state index in [1.165, 1.54) is 18.4 Å². The van der Waals surface area contributed by atoms with Gasteiger partial charge in [0, 0.05) is 6.20 Å². The predicted molar refractivity (Wildman–Crippen MR) is 85.8 cm³/mol. The van der Waals surface area contributed by atoms with Crippen LogP contribution in [0.15, 0.2) is 36.7 Å². The molecule has 2 nitrogen and oxygen atoms in total. The first-order valence-electron chi connectivity index (χ1n) is 7.19. The molecule has 1 heterocycles. The van der Waals surface area contributed by atoms with Gasteiger partial charge in [0.2, 0.25) is 0 Å². The van der Waals surface area contributed by atoms with E-state index >= 15 is 0 Å². The highest BCUT2D eigenvalue weighted by Gasteiger charge is 2.22. The Balaban J connectivity index is 1.80. The molecule has 0 unspecified atom stereocenters. The molecule has 0 spiro atoms. The molecule has 0 aliphatic heterocycles. The summed E-state index contributed by atoms with van der Waals surface area (Å²) in [4.78, 5) is 0. The Morgan fingerprint density at radius 3 is 2.45 bits per heavy atom. The molecule has 1 saturated carbocycles. The Morgan fingerprint density at radius 1 is 1.15 bits per heavy atom. The number of aromatic nitrogens is 2. The summed E-state index contributed by atoms with van der Waals surface area (Å²) in [7, 11) is -1.32. The molecule has 1 aromatic heterocycles. The monoisotopic (exact) mass is 280 g/mol. The SMILES string of the molecule is C[Si](C)(C)C#Cc1cnn(-c2ccc(C3CC3)cc2)c1. The van der Waals surface area contributed by atoms with Crippen LogP contribution in [-0.2, 0) is 0 Å². The van der Waals surface area contributed by atoms with Gasteiger partial charge in [-0.2, -0.15) is 5.10 Å². The molecule has 0 atom stereocenters. The van der Waals surface area contributed by atoms with Gasteiger partial charge in [0.1, 0.15) is 8.07 Å². The highest BCUT2D eigenvalue weighted by Crippen LogP contribution is 2.40. The van der Waals surface area contributed by atoms with Crippen molar-refractivity contribution in [3.05, 3.63) is 47.8 Å². The summed E-state index contributed by atoms with van der Waals surface area (Å²) in [5.41, 5.74) is 6.93. The number of hydrogen-bond donors (Lipinski definition) is 0. The quantitative estimate of drug-likeness (QED) is 0.601. The van der Waals surface area contributed by atoms with Gasteiger partial charge in [0.25, 0.3) is 0 Å². The topological polar surface area (TPSA) is 17.8 Å². The molecule has 0 bridgehead atoms. The van der Waals surface area contributed by atoms with Crippen LogP contribution in [0.1, 0.15) is 29.9 Å². The van der Waals surface area contributed by atoms with E-state index in [1.807, 2.05) is 17.1 Å². The fourth-order valence-electron chi connectivity index (χ4n) is 2.10. The van der Waals surface area contributed by atoms with Crippen LogP contribution in [0.5, 0.6) is 0 Å². The lowest BCUT2D eigenvalue weighted by Gasteiger charge is -2.03. The summed E-state index contributed by atoms with van der Waals surface area (Å²) in [5.74, 6) is 4.05. The molecule has 0 amide bonds. The maximum Gasteiger partial charge on any atom is 0.129 e. The lowest BCUT2D eigenvalue weighted by Crippen LogP contribution is -2.16. The Bertz CT molecular complexity index is 661. The molecule has 1 aliphatic rings. The lowest BCUT2D eigenvalue weighted by atomic mass is 10.1. The minimum absolute atomic E-state index is 0.805. The molecule has 0 saturated heterocycles. The maximum absolute atomic E-state index is 4.41. The number of benzene rings is 1. The number of rotatable bonds is 2. The zero-order valence-electron chi connectivity index (χ0n) is 12.4. The average molecular weight is 280 g/mol. The molecule has 20 heavy (non-hydrogen) atoms. The third-order valence-corrected chi connectivity index (χ3v) is 4.25. The van der Waals surface area contributed by atoms with E-state index in [9.17, 15) is 0 Å². The maximum atomic E-state index is 4.41. The Hall–Kier alpha value is -1.79. The van der Waals surface area contributed by atoms with Gasteiger partial charge in [-0.1, -0.05) is 37.7 Å². The summed E-state index contributed by atoms with van der Waals surface area (Å²) in [6, 6.07) is 8.75. The van der Waals surface area contributed by atoms with Crippen LogP contribution < -0.4 is 0 Å². The van der Waals surface area contributed by atoms with E-state index in [-0.39, 0.29) is 0 Å². The third kappa shape index (κ3) is 3.20. The first-order chi connectivity index (χ1) is 9.51. The van der Waals surface area contributed by atoms with Gasteiger partial charge < -0.3 is 0 Å². The van der Waals surface area contributed by atoms with Crippen molar-refractivity contribution in [3.8, 4) is 17.2 Å². The molecule has 1 aliphatic carbocycles. The molecule has 0 radical (unpaired) electrons. The number of nitrogens with zero attached hydrogens (tertiary/aromatic N) is 2. The summed E-state index contributed by atoms with van der Waals surface area (Å²) in [5, 5.41) is 4.41. The number of hydrogen-bond acceptors (Lipinski definition) is 1. The smallest absolute Gasteiger partial charge is 0.129 e. The molecule has 2 aromatic rings. The van der Waals surface area contributed by atoms with Gasteiger partial charge in [-0.05, 0) is 36.5 Å². The first-order valence-corrected chi connectivity index (χ1v) is 10.7. The van der Waals surface area contributed by atoms with Gasteiger partial charge >= 0.3 is 0 Å². The molecule has 1 aromatic carbocycles. The summed E-state index contributed by atoms with van der Waals surface area (Å²) in [6.45, 7) is 6.75. The van der Waals surface area contributed by atoms with Crippen LogP contribution in [0.25, 0.3) is 5.69 Å². The zero-order valence-corrected chi connectivity index (χ0v) is 13.4. The van der Waals surface area contributed by atoms with Crippen LogP contribution in [0, 0.1) is 11.5 Å². The van der Waals surface area contributed by atoms with Gasteiger partial charge in [0.05, 0.1) is 17.4 Å². The van der Waals surface area contributed by atoms with Crippen molar-refractivity contribution in [1.29, 1.82) is 0 Å². The third-order valence-electron chi connectivity index (χ3n) is 3.37. The highest BCUT2D eigenvalue weighted by atomic mass is 28.3. The van der Waals surface area contributed by atoms with Gasteiger partial charge in [-0.15, -0.1) is 5.54 Å². The zero-order chi connectivity index (χ0) is 14.2. The van der Waals surface area contributed by atoms with Crippen molar-refractivity contribution in [2.75, 3.05) is 0 Å². The van der Waals surface area contributed by atoms with E-state index < -0.39 is 8.07 Å². The van der Waals surface area contributed by atoms with Crippen LogP contribution >= 0.6 is 0 Å². The minimum atomic E-state index is -1.32. The molecular formula is C17H20N2Si. The molecule has 1 fully saturated rings. The van der Waals surface area contributed by atoms with Crippen molar-refractivity contribution < 1.29 is 0 Å². The molecule has 3 heteroatoms. The van der Waals surface area contributed by atoms with E-state index in [1.54, 1.807) is 0 Å². The molecular weight excluding hydrogens is 260 g/mol. The second-order valence-electron chi connectivity index (χ2n) is 6.54. The van der Waals surface area contributed by atoms with Gasteiger partial charge in [-0.3, -0.25) is 0 Å². The predicted octanol–water partition coefficient (Wildman–Crippen LogP) is 3.98. The highest BCUT2D eigenvalue weighted by molar-refractivity contribution is 6.83. The van der Waals surface area contributed by atoms with Crippen LogP contribution in [-0.4, -0.2) is 17.9 Å². The van der Waals surface area contributed by atoms with Crippen LogP contribution in [0.4, 0.5) is 0 Å². The van der Waals surface area contributed by atoms with Crippen molar-refractivity contribution in [2.24, 2.45) is 0 Å². The fourth-order valence-corrected chi connectivity index (χ4v) is 2.62. The summed E-state index contributed by atoms with van der Waals surface area (Å²) in [6.07, 6.45) is 6.55. The van der Waals surface area contributed by atoms with E-state index in [4.69, 9.17) is 0 Å². The molecule has 0 N–H and O–H groups in total. The Kier molecular flexibility index (Phi) is 3.27. The fraction of sp³-hybridized carbons (Fsp3) is 0.353. The van der Waals surface area contributed by atoms with E-state index in [2.05, 4.69) is 60.5 Å². The Labute approximate surface area is 121 Å². The van der Waals surface area contributed by atoms with Gasteiger partial charge in [-0.25, -0.2) is 4.68 Å². The second-order valence-corrected chi connectivity index (χ2v) is 11.3. The van der Waals surface area contributed by atoms with Crippen molar-refractivity contribution in [1.82, 2.24) is 9.78 Å². The van der Waals surface area contributed by atoms with Gasteiger partial charge in [0.15, 0.2) is 0 Å². The van der Waals surface area contributed by atoms with Crippen molar-refractivity contribution in [3.63, 3.8) is 0 Å². The molecule has 3 rings (SSSR count). The normalized spacial score (nSPS) is 14.8. The molecule has 102 valence electrons. The van der Waals surface area contributed by atoms with Crippen LogP contribution in [0.2, 0.25) is 19.6 Å². The van der Waals surface area contributed by atoms with Crippen LogP contribution in [0.3, 0.4) is 0 Å². The van der Waals surface area contributed by atoms with Crippen molar-refractivity contribution >= 4 is 8.07 Å². The minimum Gasteiger partial charge on any atom is -0.240 e. The lowest BCUT2D eigenvalue weighted by molar-refractivity contribution is 0.879. The second kappa shape index (κ2) is 4.95. The van der Waals surface area contributed by atoms with E-state index in [0.717, 1.165) is 17.2 Å². The Morgan fingerprint density at radius 2 is 1.85 bits per heavy atom. The van der Waals surface area contributed by atoms with E-state index in [0.29, 0.717) is 0 Å². The summed E-state index contributed by atoms with van der Waals surface area (Å²) >= 11 is 0. The average Bonchev–Trinajstić information content (AvgIpc) is 3.15. The largest absolute Gasteiger partial charge is 0.240 e.